The second-order valence-corrected chi connectivity index (χ2v) is 5.23. The second-order valence-electron chi connectivity index (χ2n) is 3.79. The van der Waals surface area contributed by atoms with E-state index in [1.807, 2.05) is 26.0 Å². The molecule has 1 rings (SSSR count). The highest BCUT2D eigenvalue weighted by Crippen LogP contribution is 2.27. The molecule has 0 unspecified atom stereocenters. The van der Waals surface area contributed by atoms with Gasteiger partial charge in [-0.1, -0.05) is 23.7 Å². The normalized spacial score (nSPS) is 10.1. The molecule has 92 valence electrons. The molecule has 0 aliphatic heterocycles. The summed E-state index contributed by atoms with van der Waals surface area (Å²) in [5, 5.41) is 3.43. The van der Waals surface area contributed by atoms with Crippen LogP contribution in [0.3, 0.4) is 0 Å². The second kappa shape index (κ2) is 6.72. The van der Waals surface area contributed by atoms with Gasteiger partial charge in [-0.05, 0) is 31.0 Å². The Bertz CT molecular complexity index is 408. The molecule has 1 N–H and O–H groups in total. The number of thioether (sulfide) groups is 1. The van der Waals surface area contributed by atoms with Crippen LogP contribution in [0, 0.1) is 13.8 Å². The molecule has 1 aromatic rings. The van der Waals surface area contributed by atoms with Gasteiger partial charge in [0.15, 0.2) is 0 Å². The molecule has 4 heteroatoms. The summed E-state index contributed by atoms with van der Waals surface area (Å²) in [6, 6.07) is 3.85. The number of aryl methyl sites for hydroxylation is 2. The first-order valence-corrected chi connectivity index (χ1v) is 6.83. The molecule has 0 aliphatic rings. The average molecular weight is 270 g/mol. The molecule has 0 atom stereocenters. The quantitative estimate of drug-likeness (QED) is 0.650. The van der Waals surface area contributed by atoms with Crippen LogP contribution in [0.1, 0.15) is 11.1 Å². The van der Waals surface area contributed by atoms with Gasteiger partial charge >= 0.3 is 0 Å². The Balaban J connectivity index is 2.68. The van der Waals surface area contributed by atoms with Gasteiger partial charge in [-0.15, -0.1) is 18.3 Å². The predicted octanol–water partition coefficient (Wildman–Crippen LogP) is 3.81. The topological polar surface area (TPSA) is 29.1 Å². The number of anilines is 1. The molecule has 1 amide bonds. The van der Waals surface area contributed by atoms with Crippen molar-refractivity contribution < 1.29 is 4.79 Å². The first-order valence-electron chi connectivity index (χ1n) is 5.30. The van der Waals surface area contributed by atoms with Crippen molar-refractivity contribution in [1.82, 2.24) is 0 Å². The maximum Gasteiger partial charge on any atom is 0.234 e. The summed E-state index contributed by atoms with van der Waals surface area (Å²) in [6.07, 6.45) is 1.78. The zero-order valence-electron chi connectivity index (χ0n) is 10.0. The van der Waals surface area contributed by atoms with E-state index in [4.69, 9.17) is 11.6 Å². The van der Waals surface area contributed by atoms with Crippen LogP contribution < -0.4 is 5.32 Å². The zero-order chi connectivity index (χ0) is 12.8. The maximum absolute atomic E-state index is 11.7. The molecule has 0 saturated heterocycles. The lowest BCUT2D eigenvalue weighted by atomic mass is 10.1. The molecule has 0 saturated carbocycles. The molecule has 0 fully saturated rings. The van der Waals surface area contributed by atoms with Crippen molar-refractivity contribution in [3.8, 4) is 0 Å². The summed E-state index contributed by atoms with van der Waals surface area (Å²) >= 11 is 7.62. The third-order valence-corrected chi connectivity index (χ3v) is 3.40. The molecule has 0 aromatic heterocycles. The highest BCUT2D eigenvalue weighted by Gasteiger charge is 2.09. The summed E-state index contributed by atoms with van der Waals surface area (Å²) in [4.78, 5) is 11.7. The van der Waals surface area contributed by atoms with Crippen molar-refractivity contribution in [2.45, 2.75) is 13.8 Å². The van der Waals surface area contributed by atoms with Crippen LogP contribution in [-0.4, -0.2) is 17.4 Å². The Labute approximate surface area is 111 Å². The number of amides is 1. The van der Waals surface area contributed by atoms with Crippen molar-refractivity contribution in [2.24, 2.45) is 0 Å². The largest absolute Gasteiger partial charge is 0.324 e. The van der Waals surface area contributed by atoms with Crippen molar-refractivity contribution in [3.63, 3.8) is 0 Å². The van der Waals surface area contributed by atoms with E-state index in [0.29, 0.717) is 16.5 Å². The van der Waals surface area contributed by atoms with Crippen molar-refractivity contribution >= 4 is 35.0 Å². The third-order valence-electron chi connectivity index (χ3n) is 2.17. The Morgan fingerprint density at radius 1 is 1.53 bits per heavy atom. The lowest BCUT2D eigenvalue weighted by Crippen LogP contribution is -2.15. The van der Waals surface area contributed by atoms with Crippen LogP contribution in [0.5, 0.6) is 0 Å². The Morgan fingerprint density at radius 2 is 2.24 bits per heavy atom. The standard InChI is InChI=1S/C13H16ClNOS/c1-4-5-17-8-12(16)15-13-10(3)6-9(2)7-11(13)14/h4,6-7H,1,5,8H2,2-3H3,(H,15,16). The van der Waals surface area contributed by atoms with Gasteiger partial charge in [-0.3, -0.25) is 4.79 Å². The lowest BCUT2D eigenvalue weighted by molar-refractivity contribution is -0.113. The van der Waals surface area contributed by atoms with E-state index in [-0.39, 0.29) is 5.91 Å². The van der Waals surface area contributed by atoms with Gasteiger partial charge < -0.3 is 5.32 Å². The number of carbonyl (C=O) groups is 1. The van der Waals surface area contributed by atoms with Gasteiger partial charge in [0.2, 0.25) is 5.91 Å². The summed E-state index contributed by atoms with van der Waals surface area (Å²) in [5.41, 5.74) is 2.78. The summed E-state index contributed by atoms with van der Waals surface area (Å²) in [7, 11) is 0. The van der Waals surface area contributed by atoms with Gasteiger partial charge in [-0.2, -0.15) is 0 Å². The summed E-state index contributed by atoms with van der Waals surface area (Å²) < 4.78 is 0. The Hall–Kier alpha value is -0.930. The molecule has 0 aliphatic carbocycles. The van der Waals surface area contributed by atoms with E-state index < -0.39 is 0 Å². The van der Waals surface area contributed by atoms with Gasteiger partial charge in [-0.25, -0.2) is 0 Å². The van der Waals surface area contributed by atoms with Crippen molar-refractivity contribution in [3.05, 3.63) is 40.9 Å². The molecule has 0 bridgehead atoms. The minimum absolute atomic E-state index is 0.0364. The van der Waals surface area contributed by atoms with E-state index in [2.05, 4.69) is 11.9 Å². The van der Waals surface area contributed by atoms with Gasteiger partial charge in [0.1, 0.15) is 0 Å². The highest BCUT2D eigenvalue weighted by molar-refractivity contribution is 8.00. The highest BCUT2D eigenvalue weighted by atomic mass is 35.5. The molecule has 2 nitrogen and oxygen atoms in total. The van der Waals surface area contributed by atoms with Crippen molar-refractivity contribution in [1.29, 1.82) is 0 Å². The maximum atomic E-state index is 11.7. The minimum atomic E-state index is -0.0364. The molecule has 1 aromatic carbocycles. The molecule has 17 heavy (non-hydrogen) atoms. The summed E-state index contributed by atoms with van der Waals surface area (Å²) in [6.45, 7) is 7.52. The minimum Gasteiger partial charge on any atom is -0.324 e. The number of rotatable bonds is 5. The van der Waals surface area contributed by atoms with E-state index in [1.165, 1.54) is 11.8 Å². The first-order chi connectivity index (χ1) is 8.04. The molecule has 0 radical (unpaired) electrons. The third kappa shape index (κ3) is 4.44. The number of hydrogen-bond donors (Lipinski definition) is 1. The van der Waals surface area contributed by atoms with E-state index in [9.17, 15) is 4.79 Å². The Morgan fingerprint density at radius 3 is 2.82 bits per heavy atom. The fraction of sp³-hybridized carbons (Fsp3) is 0.308. The van der Waals surface area contributed by atoms with Gasteiger partial charge in [0.25, 0.3) is 0 Å². The van der Waals surface area contributed by atoms with Crippen LogP contribution in [0.25, 0.3) is 0 Å². The average Bonchev–Trinajstić information content (AvgIpc) is 2.24. The molecular weight excluding hydrogens is 254 g/mol. The predicted molar refractivity (Wildman–Crippen MR) is 77.1 cm³/mol. The van der Waals surface area contributed by atoms with Crippen LogP contribution in [0.4, 0.5) is 5.69 Å². The fourth-order valence-corrected chi connectivity index (χ4v) is 2.39. The number of halogens is 1. The van der Waals surface area contributed by atoms with Gasteiger partial charge in [0.05, 0.1) is 16.5 Å². The van der Waals surface area contributed by atoms with E-state index in [0.717, 1.165) is 16.9 Å². The van der Waals surface area contributed by atoms with Crippen LogP contribution in [-0.2, 0) is 4.79 Å². The number of carbonyl (C=O) groups excluding carboxylic acids is 1. The number of hydrogen-bond acceptors (Lipinski definition) is 2. The molecular formula is C13H16ClNOS. The van der Waals surface area contributed by atoms with E-state index >= 15 is 0 Å². The first kappa shape index (κ1) is 14.1. The van der Waals surface area contributed by atoms with Crippen LogP contribution >= 0.6 is 23.4 Å². The summed E-state index contributed by atoms with van der Waals surface area (Å²) in [5.74, 6) is 1.15. The number of nitrogens with one attached hydrogen (secondary N) is 1. The smallest absolute Gasteiger partial charge is 0.234 e. The SMILES string of the molecule is C=CCSCC(=O)Nc1c(C)cc(C)cc1Cl. The van der Waals surface area contributed by atoms with Gasteiger partial charge in [0, 0.05) is 5.75 Å². The monoisotopic (exact) mass is 269 g/mol. The molecule has 0 heterocycles. The fourth-order valence-electron chi connectivity index (χ4n) is 1.48. The Kier molecular flexibility index (Phi) is 5.59. The van der Waals surface area contributed by atoms with Crippen LogP contribution in [0.15, 0.2) is 24.8 Å². The van der Waals surface area contributed by atoms with Crippen molar-refractivity contribution in [2.75, 3.05) is 16.8 Å². The van der Waals surface area contributed by atoms with Crippen LogP contribution in [0.2, 0.25) is 5.02 Å². The number of benzene rings is 1. The zero-order valence-corrected chi connectivity index (χ0v) is 11.6. The van der Waals surface area contributed by atoms with E-state index in [1.54, 1.807) is 6.08 Å². The lowest BCUT2D eigenvalue weighted by Gasteiger charge is -2.11. The molecule has 0 spiro atoms.